The van der Waals surface area contributed by atoms with Crippen LogP contribution in [0.3, 0.4) is 0 Å². The average molecular weight is 220 g/mol. The molecule has 0 aromatic heterocycles. The zero-order chi connectivity index (χ0) is 12.0. The molecule has 5 nitrogen and oxygen atoms in total. The van der Waals surface area contributed by atoms with Crippen LogP contribution in [0.2, 0.25) is 0 Å². The van der Waals surface area contributed by atoms with Gasteiger partial charge in [0.05, 0.1) is 12.7 Å². The van der Waals surface area contributed by atoms with Crippen molar-refractivity contribution >= 4 is 17.6 Å². The molecule has 0 unspecified atom stereocenters. The molecule has 1 amide bonds. The number of hydrogen-bond donors (Lipinski definition) is 2. The number of carbonyl (C=O) groups is 2. The van der Waals surface area contributed by atoms with Crippen LogP contribution in [-0.4, -0.2) is 19.0 Å². The largest absolute Gasteiger partial charge is 0.465 e. The number of anilines is 1. The van der Waals surface area contributed by atoms with Crippen LogP contribution in [0, 0.1) is 0 Å². The molecule has 0 saturated heterocycles. The number of amides is 1. The zero-order valence-corrected chi connectivity index (χ0v) is 8.77. The number of benzene rings is 1. The molecule has 1 aromatic carbocycles. The molecule has 0 radical (unpaired) electrons. The summed E-state index contributed by atoms with van der Waals surface area (Å²) in [6, 6.07) is 6.34. The summed E-state index contributed by atoms with van der Waals surface area (Å²) in [5.41, 5.74) is 6.07. The van der Waals surface area contributed by atoms with Crippen molar-refractivity contribution in [3.8, 4) is 0 Å². The molecule has 3 N–H and O–H groups in total. The molecule has 1 aromatic rings. The second-order valence-corrected chi connectivity index (χ2v) is 2.92. The molecule has 5 heteroatoms. The Morgan fingerprint density at radius 2 is 1.94 bits per heavy atom. The molecule has 0 saturated carbocycles. The highest BCUT2D eigenvalue weighted by atomic mass is 16.5. The number of esters is 1. The molecule has 1 rings (SSSR count). The Labute approximate surface area is 92.9 Å². The lowest BCUT2D eigenvalue weighted by Gasteiger charge is -2.03. The smallest absolute Gasteiger partial charge is 0.337 e. The molecule has 0 aliphatic heterocycles. The highest BCUT2D eigenvalue weighted by molar-refractivity contribution is 5.99. The fraction of sp³-hybridized carbons (Fsp3) is 0.0909. The normalized spacial score (nSPS) is 10.1. The topological polar surface area (TPSA) is 81.4 Å². The maximum absolute atomic E-state index is 11.1. The van der Waals surface area contributed by atoms with E-state index in [1.54, 1.807) is 24.3 Å². The highest BCUT2D eigenvalue weighted by Gasteiger charge is 2.04. The third-order valence-electron chi connectivity index (χ3n) is 1.82. The minimum Gasteiger partial charge on any atom is -0.465 e. The lowest BCUT2D eigenvalue weighted by molar-refractivity contribution is -0.111. The van der Waals surface area contributed by atoms with E-state index in [1.165, 1.54) is 13.2 Å². The van der Waals surface area contributed by atoms with E-state index in [2.05, 4.69) is 10.1 Å². The Hall–Kier alpha value is -2.30. The van der Waals surface area contributed by atoms with Crippen LogP contribution in [0.15, 0.2) is 36.5 Å². The molecule has 0 aliphatic rings. The van der Waals surface area contributed by atoms with E-state index in [4.69, 9.17) is 5.73 Å². The number of hydrogen-bond acceptors (Lipinski definition) is 4. The van der Waals surface area contributed by atoms with Gasteiger partial charge in [0.1, 0.15) is 0 Å². The highest BCUT2D eigenvalue weighted by Crippen LogP contribution is 2.10. The number of methoxy groups -OCH3 is 1. The van der Waals surface area contributed by atoms with Gasteiger partial charge in [-0.05, 0) is 30.5 Å². The van der Waals surface area contributed by atoms with Crippen molar-refractivity contribution in [1.29, 1.82) is 0 Å². The van der Waals surface area contributed by atoms with Gasteiger partial charge in [0, 0.05) is 11.8 Å². The first-order chi connectivity index (χ1) is 7.67. The van der Waals surface area contributed by atoms with Crippen LogP contribution in [-0.2, 0) is 9.53 Å². The first-order valence-corrected chi connectivity index (χ1v) is 4.55. The molecular weight excluding hydrogens is 208 g/mol. The van der Waals surface area contributed by atoms with Crippen LogP contribution in [0.25, 0.3) is 0 Å². The summed E-state index contributed by atoms with van der Waals surface area (Å²) < 4.78 is 4.54. The Bertz CT molecular complexity index is 410. The average Bonchev–Trinajstić information content (AvgIpc) is 2.29. The van der Waals surface area contributed by atoms with Gasteiger partial charge in [-0.3, -0.25) is 4.79 Å². The first kappa shape index (κ1) is 11.8. The van der Waals surface area contributed by atoms with Crippen LogP contribution < -0.4 is 11.1 Å². The number of nitrogens with one attached hydrogen (secondary N) is 1. The SMILES string of the molecule is COC(=O)c1ccc(NC(=O)C=CN)cc1. The summed E-state index contributed by atoms with van der Waals surface area (Å²) >= 11 is 0. The molecule has 0 bridgehead atoms. The van der Waals surface area contributed by atoms with Gasteiger partial charge in [-0.25, -0.2) is 4.79 Å². The third-order valence-corrected chi connectivity index (χ3v) is 1.82. The number of nitrogens with two attached hydrogens (primary N) is 1. The minimum absolute atomic E-state index is 0.326. The van der Waals surface area contributed by atoms with Crippen LogP contribution >= 0.6 is 0 Å². The van der Waals surface area contributed by atoms with Crippen molar-refractivity contribution in [2.45, 2.75) is 0 Å². The molecule has 16 heavy (non-hydrogen) atoms. The van der Waals surface area contributed by atoms with Gasteiger partial charge in [-0.2, -0.15) is 0 Å². The molecule has 0 spiro atoms. The summed E-state index contributed by atoms with van der Waals surface area (Å²) in [5.74, 6) is -0.743. The van der Waals surface area contributed by atoms with Gasteiger partial charge >= 0.3 is 5.97 Å². The monoisotopic (exact) mass is 220 g/mol. The van der Waals surface area contributed by atoms with Gasteiger partial charge < -0.3 is 15.8 Å². The predicted molar refractivity (Wildman–Crippen MR) is 59.7 cm³/mol. The first-order valence-electron chi connectivity index (χ1n) is 4.55. The Morgan fingerprint density at radius 1 is 1.31 bits per heavy atom. The van der Waals surface area contributed by atoms with Crippen molar-refractivity contribution in [2.75, 3.05) is 12.4 Å². The molecule has 84 valence electrons. The van der Waals surface area contributed by atoms with Crippen molar-refractivity contribution in [3.63, 3.8) is 0 Å². The second kappa shape index (κ2) is 5.55. The van der Waals surface area contributed by atoms with Crippen molar-refractivity contribution in [2.24, 2.45) is 5.73 Å². The molecule has 0 fully saturated rings. The van der Waals surface area contributed by atoms with E-state index in [9.17, 15) is 9.59 Å². The van der Waals surface area contributed by atoms with E-state index in [-0.39, 0.29) is 5.91 Å². The molecular formula is C11H12N2O3. The lowest BCUT2D eigenvalue weighted by atomic mass is 10.2. The number of carbonyl (C=O) groups excluding carboxylic acids is 2. The van der Waals surface area contributed by atoms with Gasteiger partial charge in [-0.15, -0.1) is 0 Å². The van der Waals surface area contributed by atoms with E-state index >= 15 is 0 Å². The maximum atomic E-state index is 11.1. The lowest BCUT2D eigenvalue weighted by Crippen LogP contribution is -2.09. The van der Waals surface area contributed by atoms with Crippen LogP contribution in [0.1, 0.15) is 10.4 Å². The Morgan fingerprint density at radius 3 is 2.44 bits per heavy atom. The van der Waals surface area contributed by atoms with Gasteiger partial charge in [0.15, 0.2) is 0 Å². The number of rotatable bonds is 3. The van der Waals surface area contributed by atoms with E-state index < -0.39 is 5.97 Å². The molecule has 0 heterocycles. The van der Waals surface area contributed by atoms with Crippen molar-refractivity contribution in [1.82, 2.24) is 0 Å². The van der Waals surface area contributed by atoms with Crippen LogP contribution in [0.4, 0.5) is 5.69 Å². The third kappa shape index (κ3) is 3.13. The summed E-state index contributed by atoms with van der Waals surface area (Å²) in [5, 5.41) is 2.57. The second-order valence-electron chi connectivity index (χ2n) is 2.92. The standard InChI is InChI=1S/C11H12N2O3/c1-16-11(15)8-2-4-9(5-3-8)13-10(14)6-7-12/h2-7H,12H2,1H3,(H,13,14). The predicted octanol–water partition coefficient (Wildman–Crippen LogP) is 0.884. The maximum Gasteiger partial charge on any atom is 0.337 e. The number of ether oxygens (including phenoxy) is 1. The summed E-state index contributed by atoms with van der Waals surface area (Å²) in [7, 11) is 1.31. The van der Waals surface area contributed by atoms with E-state index in [1.807, 2.05) is 0 Å². The Balaban J connectivity index is 2.72. The van der Waals surface area contributed by atoms with E-state index in [0.29, 0.717) is 11.3 Å². The minimum atomic E-state index is -0.417. The molecule has 0 aliphatic carbocycles. The van der Waals surface area contributed by atoms with Crippen LogP contribution in [0.5, 0.6) is 0 Å². The fourth-order valence-electron chi connectivity index (χ4n) is 1.08. The van der Waals surface area contributed by atoms with Gasteiger partial charge in [0.25, 0.3) is 0 Å². The van der Waals surface area contributed by atoms with Crippen molar-refractivity contribution < 1.29 is 14.3 Å². The zero-order valence-electron chi connectivity index (χ0n) is 8.77. The van der Waals surface area contributed by atoms with Gasteiger partial charge in [0.2, 0.25) is 5.91 Å². The molecule has 0 atom stereocenters. The quantitative estimate of drug-likeness (QED) is 0.585. The van der Waals surface area contributed by atoms with E-state index in [0.717, 1.165) is 6.20 Å². The fourth-order valence-corrected chi connectivity index (χ4v) is 1.08. The van der Waals surface area contributed by atoms with Gasteiger partial charge in [-0.1, -0.05) is 0 Å². The van der Waals surface area contributed by atoms with Crippen molar-refractivity contribution in [3.05, 3.63) is 42.1 Å². The summed E-state index contributed by atoms with van der Waals surface area (Å²) in [6.07, 6.45) is 2.35. The summed E-state index contributed by atoms with van der Waals surface area (Å²) in [4.78, 5) is 22.2. The Kier molecular flexibility index (Phi) is 4.08. The summed E-state index contributed by atoms with van der Waals surface area (Å²) in [6.45, 7) is 0.